The first kappa shape index (κ1) is 21.1. The molecule has 1 heterocycles. The molecule has 1 aliphatic rings. The van der Waals surface area contributed by atoms with Gasteiger partial charge in [-0.3, -0.25) is 4.99 Å². The van der Waals surface area contributed by atoms with Gasteiger partial charge in [-0.05, 0) is 98.9 Å². The molecule has 3 rings (SSSR count). The monoisotopic (exact) mass is 386 g/mol. The van der Waals surface area contributed by atoms with Gasteiger partial charge in [-0.2, -0.15) is 0 Å². The predicted octanol–water partition coefficient (Wildman–Crippen LogP) is 7.23. The van der Waals surface area contributed by atoms with Gasteiger partial charge in [-0.15, -0.1) is 0 Å². The number of allylic oxidation sites excluding steroid dienone is 2. The molecule has 0 saturated heterocycles. The molecule has 0 saturated carbocycles. The van der Waals surface area contributed by atoms with E-state index in [1.54, 1.807) is 0 Å². The predicted molar refractivity (Wildman–Crippen MR) is 127 cm³/mol. The summed E-state index contributed by atoms with van der Waals surface area (Å²) in [4.78, 5) is 4.75. The number of anilines is 1. The van der Waals surface area contributed by atoms with E-state index < -0.39 is 0 Å². The first-order chi connectivity index (χ1) is 13.9. The van der Waals surface area contributed by atoms with Crippen LogP contribution in [0.4, 0.5) is 5.69 Å². The molecule has 0 radical (unpaired) electrons. The maximum Gasteiger partial charge on any atom is 0.0650 e. The number of hydrogen-bond donors (Lipinski definition) is 1. The lowest BCUT2D eigenvalue weighted by molar-refractivity contribution is 0.672. The van der Waals surface area contributed by atoms with Gasteiger partial charge >= 0.3 is 0 Å². The Labute approximate surface area is 176 Å². The molecule has 1 aliphatic heterocycles. The second-order valence-electron chi connectivity index (χ2n) is 8.36. The van der Waals surface area contributed by atoms with Crippen molar-refractivity contribution in [1.29, 1.82) is 0 Å². The molecule has 2 aromatic rings. The lowest BCUT2D eigenvalue weighted by Crippen LogP contribution is -2.02. The lowest BCUT2D eigenvalue weighted by Gasteiger charge is -2.14. The summed E-state index contributed by atoms with van der Waals surface area (Å²) in [6, 6.07) is 13.0. The first-order valence-electron chi connectivity index (χ1n) is 10.8. The van der Waals surface area contributed by atoms with Gasteiger partial charge in [0.15, 0.2) is 0 Å². The van der Waals surface area contributed by atoms with Crippen molar-refractivity contribution in [3.05, 3.63) is 88.1 Å². The number of nitrogens with zero attached hydrogens (tertiary/aromatic N) is 1. The summed E-state index contributed by atoms with van der Waals surface area (Å²) in [5, 5.41) is 3.52. The van der Waals surface area contributed by atoms with Crippen LogP contribution in [0.2, 0.25) is 0 Å². The molecule has 1 N–H and O–H groups in total. The molecule has 0 aromatic heterocycles. The van der Waals surface area contributed by atoms with Crippen LogP contribution in [-0.4, -0.2) is 12.3 Å². The second-order valence-corrected chi connectivity index (χ2v) is 8.36. The van der Waals surface area contributed by atoms with Crippen LogP contribution in [0.1, 0.15) is 59.9 Å². The van der Waals surface area contributed by atoms with Crippen molar-refractivity contribution in [3.8, 4) is 0 Å². The summed E-state index contributed by atoms with van der Waals surface area (Å²) in [5.41, 5.74) is 11.4. The van der Waals surface area contributed by atoms with Crippen molar-refractivity contribution < 1.29 is 0 Å². The highest BCUT2D eigenvalue weighted by Crippen LogP contribution is 2.23. The van der Waals surface area contributed by atoms with E-state index in [-0.39, 0.29) is 0 Å². The summed E-state index contributed by atoms with van der Waals surface area (Å²) in [7, 11) is 0. The van der Waals surface area contributed by atoms with Crippen molar-refractivity contribution >= 4 is 11.4 Å². The maximum absolute atomic E-state index is 4.75. The highest BCUT2D eigenvalue weighted by atomic mass is 14.9. The van der Waals surface area contributed by atoms with Crippen molar-refractivity contribution in [2.24, 2.45) is 4.99 Å². The summed E-state index contributed by atoms with van der Waals surface area (Å²) in [6.45, 7) is 13.7. The van der Waals surface area contributed by atoms with Gasteiger partial charge in [0.25, 0.3) is 0 Å². The Morgan fingerprint density at radius 2 is 1.69 bits per heavy atom. The Balaban J connectivity index is 1.39. The van der Waals surface area contributed by atoms with Gasteiger partial charge < -0.3 is 5.32 Å². The third kappa shape index (κ3) is 5.69. The number of aliphatic imine (C=N–C) groups is 1. The minimum absolute atomic E-state index is 0.864. The highest BCUT2D eigenvalue weighted by Gasteiger charge is 2.11. The average Bonchev–Trinajstić information content (AvgIpc) is 3.16. The minimum Gasteiger partial charge on any atom is -0.359 e. The van der Waals surface area contributed by atoms with E-state index in [1.165, 1.54) is 58.3 Å². The quantitative estimate of drug-likeness (QED) is 0.452. The molecule has 0 fully saturated rings. The summed E-state index contributed by atoms with van der Waals surface area (Å²) >= 11 is 0. The molecule has 0 bridgehead atoms. The normalized spacial score (nSPS) is 13.2. The molecule has 0 atom stereocenters. The fraction of sp³-hybridized carbons (Fsp3) is 0.370. The van der Waals surface area contributed by atoms with Gasteiger partial charge in [0, 0.05) is 11.4 Å². The third-order valence-electron chi connectivity index (χ3n) is 5.86. The fourth-order valence-electron chi connectivity index (χ4n) is 3.82. The number of rotatable bonds is 9. The van der Waals surface area contributed by atoms with E-state index in [0.717, 1.165) is 30.8 Å². The Hall–Kier alpha value is -2.61. The zero-order chi connectivity index (χ0) is 20.8. The number of para-hydroxylation sites is 1. The topological polar surface area (TPSA) is 24.4 Å². The van der Waals surface area contributed by atoms with Crippen molar-refractivity contribution in [3.63, 3.8) is 0 Å². The average molecular weight is 387 g/mol. The molecule has 2 nitrogen and oxygen atoms in total. The van der Waals surface area contributed by atoms with Crippen LogP contribution in [-0.2, 0) is 0 Å². The number of hydrogen-bond acceptors (Lipinski definition) is 2. The van der Waals surface area contributed by atoms with Crippen LogP contribution in [0.5, 0.6) is 0 Å². The smallest absolute Gasteiger partial charge is 0.0650 e. The Morgan fingerprint density at radius 3 is 2.41 bits per heavy atom. The van der Waals surface area contributed by atoms with E-state index >= 15 is 0 Å². The Kier molecular flexibility index (Phi) is 7.09. The molecular weight excluding hydrogens is 352 g/mol. The van der Waals surface area contributed by atoms with Crippen LogP contribution in [0.15, 0.2) is 65.3 Å². The van der Waals surface area contributed by atoms with Crippen LogP contribution >= 0.6 is 0 Å². The SMILES string of the molecule is C=C(CCCCCC1=CC(c2ccc(C)c(C)c2)=NC1)Nc1c(C)cccc1C. The highest BCUT2D eigenvalue weighted by molar-refractivity contribution is 6.10. The largest absolute Gasteiger partial charge is 0.359 e. The molecule has 152 valence electrons. The summed E-state index contributed by atoms with van der Waals surface area (Å²) in [6.07, 6.45) is 8.09. The van der Waals surface area contributed by atoms with Crippen LogP contribution in [0.25, 0.3) is 0 Å². The molecular formula is C27H34N2. The second kappa shape index (κ2) is 9.73. The zero-order valence-electron chi connectivity index (χ0n) is 18.4. The van der Waals surface area contributed by atoms with Crippen LogP contribution in [0.3, 0.4) is 0 Å². The molecule has 0 amide bonds. The maximum atomic E-state index is 4.75. The molecule has 0 spiro atoms. The molecule has 0 aliphatic carbocycles. The molecule has 0 unspecified atom stereocenters. The molecule has 2 aromatic carbocycles. The third-order valence-corrected chi connectivity index (χ3v) is 5.86. The van der Waals surface area contributed by atoms with Gasteiger partial charge in [0.2, 0.25) is 0 Å². The zero-order valence-corrected chi connectivity index (χ0v) is 18.4. The lowest BCUT2D eigenvalue weighted by atomic mass is 10.0. The Morgan fingerprint density at radius 1 is 0.931 bits per heavy atom. The standard InChI is InChI=1S/C27H34N2/c1-19-14-15-25(16-22(19)4)26-17-24(18-28-26)13-8-6-7-12-23(5)29-27-20(2)10-9-11-21(27)3/h9-11,14-17,29H,5-8,12-13,18H2,1-4H3. The molecule has 29 heavy (non-hydrogen) atoms. The van der Waals surface area contributed by atoms with Crippen molar-refractivity contribution in [2.45, 2.75) is 59.8 Å². The van der Waals surface area contributed by atoms with E-state index in [0.29, 0.717) is 0 Å². The van der Waals surface area contributed by atoms with E-state index in [9.17, 15) is 0 Å². The van der Waals surface area contributed by atoms with E-state index in [4.69, 9.17) is 4.99 Å². The number of benzene rings is 2. The van der Waals surface area contributed by atoms with Gasteiger partial charge in [-0.25, -0.2) is 0 Å². The van der Waals surface area contributed by atoms with Gasteiger partial charge in [0.1, 0.15) is 0 Å². The van der Waals surface area contributed by atoms with Crippen molar-refractivity contribution in [1.82, 2.24) is 0 Å². The van der Waals surface area contributed by atoms with Crippen LogP contribution in [0, 0.1) is 27.7 Å². The number of unbranched alkanes of at least 4 members (excludes halogenated alkanes) is 2. The summed E-state index contributed by atoms with van der Waals surface area (Å²) < 4.78 is 0. The van der Waals surface area contributed by atoms with Gasteiger partial charge in [0.05, 0.1) is 12.3 Å². The van der Waals surface area contributed by atoms with E-state index in [1.807, 2.05) is 0 Å². The van der Waals surface area contributed by atoms with E-state index in [2.05, 4.69) is 82.1 Å². The summed E-state index contributed by atoms with van der Waals surface area (Å²) in [5.74, 6) is 0. The first-order valence-corrected chi connectivity index (χ1v) is 10.8. The number of nitrogens with one attached hydrogen (secondary N) is 1. The van der Waals surface area contributed by atoms with Crippen molar-refractivity contribution in [2.75, 3.05) is 11.9 Å². The minimum atomic E-state index is 0.864. The van der Waals surface area contributed by atoms with Gasteiger partial charge in [-0.1, -0.05) is 43.3 Å². The Bertz CT molecular complexity index is 927. The fourth-order valence-corrected chi connectivity index (χ4v) is 3.82. The number of aryl methyl sites for hydroxylation is 4. The molecule has 2 heteroatoms. The van der Waals surface area contributed by atoms with Crippen LogP contribution < -0.4 is 5.32 Å².